The van der Waals surface area contributed by atoms with Gasteiger partial charge in [0.2, 0.25) is 15.9 Å². The maximum absolute atomic E-state index is 12.5. The first kappa shape index (κ1) is 18.6. The molecule has 0 radical (unpaired) electrons. The molecule has 7 heteroatoms. The van der Waals surface area contributed by atoms with Gasteiger partial charge in [-0.15, -0.1) is 11.3 Å². The molecule has 2 N–H and O–H groups in total. The largest absolute Gasteiger partial charge is 0.351 e. The second-order valence-electron chi connectivity index (χ2n) is 5.73. The summed E-state index contributed by atoms with van der Waals surface area (Å²) >= 11 is 1.57. The first-order valence-corrected chi connectivity index (χ1v) is 10.0. The maximum atomic E-state index is 12.5. The summed E-state index contributed by atoms with van der Waals surface area (Å²) in [7, 11) is -3.62. The first-order valence-electron chi connectivity index (χ1n) is 7.66. The third-order valence-corrected chi connectivity index (χ3v) is 6.20. The van der Waals surface area contributed by atoms with Crippen LogP contribution in [0.4, 0.5) is 0 Å². The molecule has 1 heterocycles. The topological polar surface area (TPSA) is 75.3 Å². The Labute approximate surface area is 147 Å². The molecule has 0 aliphatic heterocycles. The number of nitrogens with one attached hydrogen (secondary N) is 2. The van der Waals surface area contributed by atoms with E-state index in [9.17, 15) is 13.2 Å². The molecule has 0 aliphatic carbocycles. The van der Waals surface area contributed by atoms with E-state index in [1.54, 1.807) is 25.2 Å². The van der Waals surface area contributed by atoms with Gasteiger partial charge in [-0.3, -0.25) is 4.79 Å². The summed E-state index contributed by atoms with van der Waals surface area (Å²) in [6.07, 6.45) is 0.106. The van der Waals surface area contributed by atoms with E-state index in [1.165, 1.54) is 0 Å². The normalized spacial score (nSPS) is 11.5. The lowest BCUT2D eigenvalue weighted by atomic mass is 10.1. The van der Waals surface area contributed by atoms with E-state index in [2.05, 4.69) is 10.0 Å². The second-order valence-corrected chi connectivity index (χ2v) is 8.47. The smallest absolute Gasteiger partial charge is 0.241 e. The number of carbonyl (C=O) groups is 1. The molecule has 2 rings (SSSR count). The lowest BCUT2D eigenvalue weighted by molar-refractivity contribution is -0.121. The van der Waals surface area contributed by atoms with Gasteiger partial charge in [0.15, 0.2) is 0 Å². The summed E-state index contributed by atoms with van der Waals surface area (Å²) in [5.41, 5.74) is 2.45. The highest BCUT2D eigenvalue weighted by molar-refractivity contribution is 7.89. The van der Waals surface area contributed by atoms with Crippen LogP contribution in [0.2, 0.25) is 0 Å². The Hall–Kier alpha value is -1.70. The number of rotatable bonds is 7. The van der Waals surface area contributed by atoms with Crippen molar-refractivity contribution in [1.82, 2.24) is 10.0 Å². The van der Waals surface area contributed by atoms with Crippen molar-refractivity contribution in [1.29, 1.82) is 0 Å². The standard InChI is InChI=1S/C17H22N2O3S2/c1-12-9-13(2)17(14(3)10-12)24(21,22)19-7-6-16(20)18-11-15-5-4-8-23-15/h4-5,8-10,19H,6-7,11H2,1-3H3,(H,18,20). The van der Waals surface area contributed by atoms with Gasteiger partial charge in [0.25, 0.3) is 0 Å². The Morgan fingerprint density at radius 2 is 1.83 bits per heavy atom. The lowest BCUT2D eigenvalue weighted by Crippen LogP contribution is -2.31. The number of thiophene rings is 1. The van der Waals surface area contributed by atoms with Crippen LogP contribution in [-0.2, 0) is 21.4 Å². The molecule has 5 nitrogen and oxygen atoms in total. The SMILES string of the molecule is Cc1cc(C)c(S(=O)(=O)NCCC(=O)NCc2cccs2)c(C)c1. The number of sulfonamides is 1. The van der Waals surface area contributed by atoms with Crippen LogP contribution in [0, 0.1) is 20.8 Å². The van der Waals surface area contributed by atoms with Crippen molar-refractivity contribution in [3.8, 4) is 0 Å². The van der Waals surface area contributed by atoms with Crippen LogP contribution in [0.5, 0.6) is 0 Å². The number of benzene rings is 1. The molecule has 130 valence electrons. The zero-order valence-electron chi connectivity index (χ0n) is 14.0. The van der Waals surface area contributed by atoms with Crippen LogP contribution < -0.4 is 10.0 Å². The molecule has 2 aromatic rings. The average molecular weight is 367 g/mol. The fraction of sp³-hybridized carbons (Fsp3) is 0.353. The van der Waals surface area contributed by atoms with Crippen LogP contribution >= 0.6 is 11.3 Å². The summed E-state index contributed by atoms with van der Waals surface area (Å²) in [6.45, 7) is 6.04. The fourth-order valence-corrected chi connectivity index (χ4v) is 4.77. The molecule has 0 saturated heterocycles. The molecule has 0 spiro atoms. The third-order valence-electron chi connectivity index (χ3n) is 3.56. The van der Waals surface area contributed by atoms with Crippen LogP contribution in [-0.4, -0.2) is 20.9 Å². The quantitative estimate of drug-likeness (QED) is 0.791. The Kier molecular flexibility index (Phi) is 6.15. The van der Waals surface area contributed by atoms with Crippen molar-refractivity contribution in [2.24, 2.45) is 0 Å². The monoisotopic (exact) mass is 366 g/mol. The molecule has 1 amide bonds. The van der Waals surface area contributed by atoms with Gasteiger partial charge in [-0.05, 0) is 43.3 Å². The van der Waals surface area contributed by atoms with Gasteiger partial charge in [0.05, 0.1) is 11.4 Å². The minimum atomic E-state index is -3.62. The fourth-order valence-electron chi connectivity index (χ4n) is 2.65. The van der Waals surface area contributed by atoms with Crippen LogP contribution in [0.1, 0.15) is 28.0 Å². The molecule has 0 unspecified atom stereocenters. The second kappa shape index (κ2) is 7.92. The highest BCUT2D eigenvalue weighted by atomic mass is 32.2. The number of carbonyl (C=O) groups excluding carboxylic acids is 1. The molecule has 1 aromatic carbocycles. The molecule has 0 bridgehead atoms. The highest BCUT2D eigenvalue weighted by Crippen LogP contribution is 2.21. The van der Waals surface area contributed by atoms with Crippen molar-refractivity contribution < 1.29 is 13.2 Å². The first-order chi connectivity index (χ1) is 11.3. The minimum absolute atomic E-state index is 0.0748. The van der Waals surface area contributed by atoms with E-state index in [1.807, 2.05) is 36.6 Å². The van der Waals surface area contributed by atoms with E-state index in [0.717, 1.165) is 10.4 Å². The van der Waals surface area contributed by atoms with E-state index in [-0.39, 0.29) is 18.9 Å². The van der Waals surface area contributed by atoms with Gasteiger partial charge in [-0.25, -0.2) is 13.1 Å². The Morgan fingerprint density at radius 1 is 1.17 bits per heavy atom. The van der Waals surface area contributed by atoms with Gasteiger partial charge in [0.1, 0.15) is 0 Å². The van der Waals surface area contributed by atoms with E-state index in [0.29, 0.717) is 22.6 Å². The van der Waals surface area contributed by atoms with Crippen LogP contribution in [0.3, 0.4) is 0 Å². The maximum Gasteiger partial charge on any atom is 0.241 e. The minimum Gasteiger partial charge on any atom is -0.351 e. The van der Waals surface area contributed by atoms with Gasteiger partial charge in [0, 0.05) is 17.8 Å². The zero-order valence-corrected chi connectivity index (χ0v) is 15.7. The summed E-state index contributed by atoms with van der Waals surface area (Å²) in [5.74, 6) is -0.177. The molecule has 24 heavy (non-hydrogen) atoms. The van der Waals surface area contributed by atoms with Crippen molar-refractivity contribution in [3.05, 3.63) is 51.2 Å². The van der Waals surface area contributed by atoms with E-state index < -0.39 is 10.0 Å². The number of hydrogen-bond donors (Lipinski definition) is 2. The number of amides is 1. The molecule has 0 saturated carbocycles. The Balaban J connectivity index is 1.90. The predicted molar refractivity (Wildman–Crippen MR) is 96.6 cm³/mol. The predicted octanol–water partition coefficient (Wildman–Crippen LogP) is 2.66. The zero-order chi connectivity index (χ0) is 17.7. The van der Waals surface area contributed by atoms with E-state index >= 15 is 0 Å². The van der Waals surface area contributed by atoms with Crippen molar-refractivity contribution in [2.75, 3.05) is 6.54 Å². The molecular weight excluding hydrogens is 344 g/mol. The molecular formula is C17H22N2O3S2. The van der Waals surface area contributed by atoms with Gasteiger partial charge in [-0.1, -0.05) is 23.8 Å². The van der Waals surface area contributed by atoms with Crippen LogP contribution in [0.25, 0.3) is 0 Å². The number of aryl methyl sites for hydroxylation is 3. The highest BCUT2D eigenvalue weighted by Gasteiger charge is 2.19. The molecule has 0 aliphatic rings. The third kappa shape index (κ3) is 4.90. The van der Waals surface area contributed by atoms with Gasteiger partial charge < -0.3 is 5.32 Å². The molecule has 0 fully saturated rings. The molecule has 1 aromatic heterocycles. The van der Waals surface area contributed by atoms with Crippen molar-refractivity contribution in [3.63, 3.8) is 0 Å². The average Bonchev–Trinajstić information content (AvgIpc) is 2.96. The summed E-state index contributed by atoms with van der Waals surface area (Å²) in [6, 6.07) is 7.55. The molecule has 0 atom stereocenters. The van der Waals surface area contributed by atoms with Crippen molar-refractivity contribution in [2.45, 2.75) is 38.6 Å². The summed E-state index contributed by atoms with van der Waals surface area (Å²) < 4.78 is 27.5. The van der Waals surface area contributed by atoms with Crippen molar-refractivity contribution >= 4 is 27.3 Å². The van der Waals surface area contributed by atoms with Crippen LogP contribution in [0.15, 0.2) is 34.5 Å². The van der Waals surface area contributed by atoms with Gasteiger partial charge >= 0.3 is 0 Å². The van der Waals surface area contributed by atoms with E-state index in [4.69, 9.17) is 0 Å². The Morgan fingerprint density at radius 3 is 2.42 bits per heavy atom. The Bertz CT molecular complexity index is 789. The lowest BCUT2D eigenvalue weighted by Gasteiger charge is -2.13. The summed E-state index contributed by atoms with van der Waals surface area (Å²) in [5, 5.41) is 4.72. The number of hydrogen-bond acceptors (Lipinski definition) is 4. The van der Waals surface area contributed by atoms with Gasteiger partial charge in [-0.2, -0.15) is 0 Å². The summed E-state index contributed by atoms with van der Waals surface area (Å²) in [4.78, 5) is 13.2.